The molecule has 2 aromatic rings. The molecule has 0 aliphatic carbocycles. The molecule has 0 spiro atoms. The van der Waals surface area contributed by atoms with Crippen LogP contribution in [0.3, 0.4) is 0 Å². The number of ether oxygens (including phenoxy) is 2. The van der Waals surface area contributed by atoms with Crippen molar-refractivity contribution in [3.63, 3.8) is 0 Å². The molecule has 0 saturated carbocycles. The minimum Gasteiger partial charge on any atom is -0.489 e. The van der Waals surface area contributed by atoms with Crippen molar-refractivity contribution < 1.29 is 19.1 Å². The summed E-state index contributed by atoms with van der Waals surface area (Å²) in [6.07, 6.45) is 0.454. The van der Waals surface area contributed by atoms with E-state index in [1.807, 2.05) is 75.4 Å². The molecular weight excluding hydrogens is 380 g/mol. The van der Waals surface area contributed by atoms with Crippen LogP contribution in [-0.4, -0.2) is 30.2 Å². The monoisotopic (exact) mass is 412 g/mol. The van der Waals surface area contributed by atoms with E-state index >= 15 is 0 Å². The van der Waals surface area contributed by atoms with Crippen molar-refractivity contribution in [1.82, 2.24) is 10.6 Å². The number of carbonyl (C=O) groups is 2. The first-order chi connectivity index (χ1) is 14.2. The van der Waals surface area contributed by atoms with Crippen molar-refractivity contribution in [1.29, 1.82) is 0 Å². The molecule has 162 valence electrons. The smallest absolute Gasteiger partial charge is 0.407 e. The zero-order valence-electron chi connectivity index (χ0n) is 18.2. The average Bonchev–Trinajstić information content (AvgIpc) is 2.70. The first kappa shape index (κ1) is 23.3. The lowest BCUT2D eigenvalue weighted by molar-refractivity contribution is -0.120. The molecule has 30 heavy (non-hydrogen) atoms. The minimum absolute atomic E-state index is 0.0596. The van der Waals surface area contributed by atoms with E-state index in [-0.39, 0.29) is 11.9 Å². The van der Waals surface area contributed by atoms with Crippen LogP contribution in [0.2, 0.25) is 0 Å². The average molecular weight is 413 g/mol. The molecule has 0 bridgehead atoms. The standard InChI is InChI=1S/C24H32N2O4/c1-5-22(27)25-16-20(26-23(28)30-24(2,3)4)15-18-11-13-21(14-12-18)29-17-19-9-7-6-8-10-19/h6-14,20H,5,15-17H2,1-4H3,(H,25,27)(H,26,28). The van der Waals surface area contributed by atoms with Gasteiger partial charge in [-0.25, -0.2) is 4.79 Å². The Morgan fingerprint density at radius 3 is 2.23 bits per heavy atom. The number of hydrogen-bond acceptors (Lipinski definition) is 4. The predicted octanol–water partition coefficient (Wildman–Crippen LogP) is 4.23. The maximum absolute atomic E-state index is 12.2. The second-order valence-electron chi connectivity index (χ2n) is 8.12. The van der Waals surface area contributed by atoms with E-state index in [0.717, 1.165) is 16.9 Å². The summed E-state index contributed by atoms with van der Waals surface area (Å²) in [4.78, 5) is 23.8. The largest absolute Gasteiger partial charge is 0.489 e. The van der Waals surface area contributed by atoms with Gasteiger partial charge in [-0.05, 0) is 50.5 Å². The van der Waals surface area contributed by atoms with E-state index in [0.29, 0.717) is 26.0 Å². The number of alkyl carbamates (subject to hydrolysis) is 1. The lowest BCUT2D eigenvalue weighted by Crippen LogP contribution is -2.46. The zero-order valence-corrected chi connectivity index (χ0v) is 18.2. The normalized spacial score (nSPS) is 12.0. The van der Waals surface area contributed by atoms with Gasteiger partial charge in [0.05, 0.1) is 6.04 Å². The highest BCUT2D eigenvalue weighted by atomic mass is 16.6. The van der Waals surface area contributed by atoms with E-state index in [9.17, 15) is 9.59 Å². The van der Waals surface area contributed by atoms with Crippen LogP contribution in [0.5, 0.6) is 5.75 Å². The number of benzene rings is 2. The fraction of sp³-hybridized carbons (Fsp3) is 0.417. The van der Waals surface area contributed by atoms with E-state index in [2.05, 4.69) is 10.6 Å². The van der Waals surface area contributed by atoms with Gasteiger partial charge >= 0.3 is 6.09 Å². The molecule has 0 saturated heterocycles. The quantitative estimate of drug-likeness (QED) is 0.646. The van der Waals surface area contributed by atoms with Gasteiger partial charge in [0.2, 0.25) is 5.91 Å². The van der Waals surface area contributed by atoms with Crippen molar-refractivity contribution in [2.75, 3.05) is 6.54 Å². The molecule has 0 aliphatic heterocycles. The molecule has 6 nitrogen and oxygen atoms in total. The van der Waals surface area contributed by atoms with Gasteiger partial charge in [-0.3, -0.25) is 4.79 Å². The van der Waals surface area contributed by atoms with Crippen LogP contribution in [-0.2, 0) is 22.6 Å². The topological polar surface area (TPSA) is 76.7 Å². The maximum Gasteiger partial charge on any atom is 0.407 e. The summed E-state index contributed by atoms with van der Waals surface area (Å²) in [5, 5.41) is 5.69. The van der Waals surface area contributed by atoms with Gasteiger partial charge < -0.3 is 20.1 Å². The van der Waals surface area contributed by atoms with Gasteiger partial charge in [0, 0.05) is 13.0 Å². The van der Waals surface area contributed by atoms with Gasteiger partial charge in [0.15, 0.2) is 0 Å². The van der Waals surface area contributed by atoms with E-state index in [1.54, 1.807) is 6.92 Å². The Morgan fingerprint density at radius 1 is 0.967 bits per heavy atom. The first-order valence-electron chi connectivity index (χ1n) is 10.3. The van der Waals surface area contributed by atoms with Crippen molar-refractivity contribution in [3.05, 3.63) is 65.7 Å². The van der Waals surface area contributed by atoms with Crippen LogP contribution < -0.4 is 15.4 Å². The highest BCUT2D eigenvalue weighted by Gasteiger charge is 2.20. The number of carbonyl (C=O) groups excluding carboxylic acids is 2. The maximum atomic E-state index is 12.2. The van der Waals surface area contributed by atoms with E-state index in [4.69, 9.17) is 9.47 Å². The number of amides is 2. The number of rotatable bonds is 9. The van der Waals surface area contributed by atoms with Crippen molar-refractivity contribution in [2.24, 2.45) is 0 Å². The van der Waals surface area contributed by atoms with Gasteiger partial charge in [0.1, 0.15) is 18.0 Å². The third-order valence-corrected chi connectivity index (χ3v) is 4.24. The highest BCUT2D eigenvalue weighted by Crippen LogP contribution is 2.16. The first-order valence-corrected chi connectivity index (χ1v) is 10.3. The molecule has 0 aliphatic rings. The molecule has 1 unspecified atom stereocenters. The van der Waals surface area contributed by atoms with Crippen LogP contribution in [0.4, 0.5) is 4.79 Å². The Labute approximate surface area is 179 Å². The van der Waals surface area contributed by atoms with Crippen molar-refractivity contribution in [2.45, 2.75) is 58.8 Å². The SMILES string of the molecule is CCC(=O)NCC(Cc1ccc(OCc2ccccc2)cc1)NC(=O)OC(C)(C)C. The summed E-state index contributed by atoms with van der Waals surface area (Å²) >= 11 is 0. The van der Waals surface area contributed by atoms with Crippen molar-refractivity contribution in [3.8, 4) is 5.75 Å². The minimum atomic E-state index is -0.584. The summed E-state index contributed by atoms with van der Waals surface area (Å²) in [5.74, 6) is 0.717. The third kappa shape index (κ3) is 8.99. The molecule has 0 fully saturated rings. The second kappa shape index (κ2) is 11.2. The Kier molecular flexibility index (Phi) is 8.71. The molecule has 2 N–H and O–H groups in total. The summed E-state index contributed by atoms with van der Waals surface area (Å²) in [6.45, 7) is 8.07. The molecule has 2 rings (SSSR count). The van der Waals surface area contributed by atoms with Crippen LogP contribution in [0, 0.1) is 0 Å². The van der Waals surface area contributed by atoms with Crippen LogP contribution in [0.1, 0.15) is 45.2 Å². The fourth-order valence-electron chi connectivity index (χ4n) is 2.76. The van der Waals surface area contributed by atoms with Gasteiger partial charge in [-0.1, -0.05) is 49.4 Å². The number of nitrogens with one attached hydrogen (secondary N) is 2. The fourth-order valence-corrected chi connectivity index (χ4v) is 2.76. The second-order valence-corrected chi connectivity index (χ2v) is 8.12. The number of hydrogen-bond donors (Lipinski definition) is 2. The van der Waals surface area contributed by atoms with Crippen LogP contribution in [0.15, 0.2) is 54.6 Å². The summed E-state index contributed by atoms with van der Waals surface area (Å²) in [7, 11) is 0. The molecule has 2 aromatic carbocycles. The summed E-state index contributed by atoms with van der Waals surface area (Å²) in [5.41, 5.74) is 1.54. The summed E-state index contributed by atoms with van der Waals surface area (Å²) in [6, 6.07) is 17.4. The molecule has 0 radical (unpaired) electrons. The zero-order chi connectivity index (χ0) is 22.0. The van der Waals surface area contributed by atoms with Gasteiger partial charge in [0.25, 0.3) is 0 Å². The molecule has 2 amide bonds. The van der Waals surface area contributed by atoms with Gasteiger partial charge in [-0.2, -0.15) is 0 Å². The molecule has 6 heteroatoms. The lowest BCUT2D eigenvalue weighted by atomic mass is 10.1. The Bertz CT molecular complexity index is 798. The molecular formula is C24H32N2O4. The summed E-state index contributed by atoms with van der Waals surface area (Å²) < 4.78 is 11.2. The third-order valence-electron chi connectivity index (χ3n) is 4.24. The van der Waals surface area contributed by atoms with Gasteiger partial charge in [-0.15, -0.1) is 0 Å². The van der Waals surface area contributed by atoms with E-state index < -0.39 is 11.7 Å². The Balaban J connectivity index is 1.95. The Hall–Kier alpha value is -3.02. The van der Waals surface area contributed by atoms with Crippen LogP contribution >= 0.6 is 0 Å². The Morgan fingerprint density at radius 2 is 1.63 bits per heavy atom. The van der Waals surface area contributed by atoms with Crippen LogP contribution in [0.25, 0.3) is 0 Å². The lowest BCUT2D eigenvalue weighted by Gasteiger charge is -2.24. The molecule has 0 heterocycles. The molecule has 0 aromatic heterocycles. The van der Waals surface area contributed by atoms with E-state index in [1.165, 1.54) is 0 Å². The van der Waals surface area contributed by atoms with Crippen molar-refractivity contribution >= 4 is 12.0 Å². The highest BCUT2D eigenvalue weighted by molar-refractivity contribution is 5.75. The molecule has 1 atom stereocenters. The predicted molar refractivity (Wildman–Crippen MR) is 117 cm³/mol.